The van der Waals surface area contributed by atoms with Crippen molar-refractivity contribution in [1.29, 1.82) is 0 Å². The molecule has 2 aliphatic carbocycles. The summed E-state index contributed by atoms with van der Waals surface area (Å²) in [5.41, 5.74) is 5.80. The van der Waals surface area contributed by atoms with Gasteiger partial charge in [0.1, 0.15) is 0 Å². The Morgan fingerprint density at radius 3 is 2.62 bits per heavy atom. The number of nitrogens with two attached hydrogens (primary N) is 1. The quantitative estimate of drug-likeness (QED) is 0.780. The van der Waals surface area contributed by atoms with Crippen LogP contribution in [-0.4, -0.2) is 24.4 Å². The molecule has 1 aromatic rings. The maximum absolute atomic E-state index is 11.9. The molecule has 0 aliphatic heterocycles. The molecule has 3 atom stereocenters. The molecule has 6 heteroatoms. The van der Waals surface area contributed by atoms with Crippen LogP contribution >= 0.6 is 0 Å². The molecule has 2 fully saturated rings. The summed E-state index contributed by atoms with van der Waals surface area (Å²) in [6.07, 6.45) is 5.25. The monoisotopic (exact) mass is 330 g/mol. The number of carbonyl (C=O) groups is 3. The lowest BCUT2D eigenvalue weighted by Gasteiger charge is -2.20. The number of primary amides is 1. The van der Waals surface area contributed by atoms with Gasteiger partial charge in [-0.15, -0.1) is 0 Å². The molecule has 2 amide bonds. The highest BCUT2D eigenvalue weighted by atomic mass is 16.5. The second-order valence-electron chi connectivity index (χ2n) is 6.76. The molecule has 3 rings (SSSR count). The fourth-order valence-corrected chi connectivity index (χ4v) is 4.04. The van der Waals surface area contributed by atoms with Crippen molar-refractivity contribution in [2.75, 3.05) is 11.9 Å². The molecule has 2 bridgehead atoms. The number of esters is 1. The van der Waals surface area contributed by atoms with Gasteiger partial charge in [0.25, 0.3) is 11.8 Å². The number of para-hydroxylation sites is 1. The van der Waals surface area contributed by atoms with Crippen molar-refractivity contribution in [3.8, 4) is 0 Å². The number of ether oxygens (including phenoxy) is 1. The Balaban J connectivity index is 1.46. The number of hydrogen-bond acceptors (Lipinski definition) is 4. The molecule has 0 radical (unpaired) electrons. The van der Waals surface area contributed by atoms with Crippen LogP contribution < -0.4 is 11.1 Å². The predicted octanol–water partition coefficient (Wildman–Crippen LogP) is 2.09. The summed E-state index contributed by atoms with van der Waals surface area (Å²) in [5, 5.41) is 2.55. The van der Waals surface area contributed by atoms with Gasteiger partial charge in [-0.3, -0.25) is 14.4 Å². The minimum Gasteiger partial charge on any atom is -0.456 e. The van der Waals surface area contributed by atoms with Gasteiger partial charge < -0.3 is 15.8 Å². The number of rotatable bonds is 6. The van der Waals surface area contributed by atoms with E-state index in [-0.39, 0.29) is 18.1 Å². The third-order valence-electron chi connectivity index (χ3n) is 5.14. The Kier molecular flexibility index (Phi) is 4.83. The molecule has 3 N–H and O–H groups in total. The summed E-state index contributed by atoms with van der Waals surface area (Å²) in [4.78, 5) is 35.2. The van der Waals surface area contributed by atoms with Gasteiger partial charge in [-0.1, -0.05) is 18.6 Å². The summed E-state index contributed by atoms with van der Waals surface area (Å²) in [5.74, 6) is 0.408. The first-order valence-corrected chi connectivity index (χ1v) is 8.37. The third-order valence-corrected chi connectivity index (χ3v) is 5.14. The van der Waals surface area contributed by atoms with E-state index in [4.69, 9.17) is 10.5 Å². The average Bonchev–Trinajstić information content (AvgIpc) is 3.16. The highest BCUT2D eigenvalue weighted by Gasteiger charge is 2.40. The van der Waals surface area contributed by atoms with Crippen molar-refractivity contribution in [3.05, 3.63) is 29.8 Å². The molecule has 2 saturated carbocycles. The maximum Gasteiger partial charge on any atom is 0.306 e. The lowest BCUT2D eigenvalue weighted by molar-refractivity contribution is -0.148. The summed E-state index contributed by atoms with van der Waals surface area (Å²) in [6.45, 7) is -0.354. The summed E-state index contributed by atoms with van der Waals surface area (Å²) >= 11 is 0. The van der Waals surface area contributed by atoms with Gasteiger partial charge >= 0.3 is 5.97 Å². The fraction of sp³-hybridized carbons (Fsp3) is 0.500. The molecular weight excluding hydrogens is 308 g/mol. The average molecular weight is 330 g/mol. The van der Waals surface area contributed by atoms with Gasteiger partial charge in [0.2, 0.25) is 0 Å². The molecular formula is C18H22N2O4. The van der Waals surface area contributed by atoms with Crippen LogP contribution in [0.15, 0.2) is 24.3 Å². The predicted molar refractivity (Wildman–Crippen MR) is 88.1 cm³/mol. The highest BCUT2D eigenvalue weighted by Crippen LogP contribution is 2.49. The highest BCUT2D eigenvalue weighted by molar-refractivity contribution is 6.03. The van der Waals surface area contributed by atoms with Gasteiger partial charge in [0.15, 0.2) is 6.61 Å². The molecule has 0 heterocycles. The molecule has 24 heavy (non-hydrogen) atoms. The van der Waals surface area contributed by atoms with Crippen LogP contribution in [0.1, 0.15) is 42.5 Å². The van der Waals surface area contributed by atoms with Crippen LogP contribution in [0.4, 0.5) is 5.69 Å². The van der Waals surface area contributed by atoms with E-state index in [1.807, 2.05) is 0 Å². The second-order valence-corrected chi connectivity index (χ2v) is 6.76. The van der Waals surface area contributed by atoms with E-state index in [1.165, 1.54) is 25.3 Å². The number of nitrogens with one attached hydrogen (secondary N) is 1. The van der Waals surface area contributed by atoms with E-state index in [0.717, 1.165) is 12.3 Å². The van der Waals surface area contributed by atoms with Crippen LogP contribution in [0, 0.1) is 17.8 Å². The van der Waals surface area contributed by atoms with E-state index in [0.29, 0.717) is 23.9 Å². The summed E-state index contributed by atoms with van der Waals surface area (Å²) in [7, 11) is 0. The van der Waals surface area contributed by atoms with Crippen LogP contribution in [0.25, 0.3) is 0 Å². The number of benzene rings is 1. The lowest BCUT2D eigenvalue weighted by Crippen LogP contribution is -2.24. The normalized spacial score (nSPS) is 24.6. The Morgan fingerprint density at radius 2 is 1.96 bits per heavy atom. The van der Waals surface area contributed by atoms with Crippen molar-refractivity contribution in [1.82, 2.24) is 0 Å². The molecule has 2 aliphatic rings. The Labute approximate surface area is 140 Å². The van der Waals surface area contributed by atoms with Gasteiger partial charge in [-0.25, -0.2) is 0 Å². The number of hydrogen-bond donors (Lipinski definition) is 2. The molecule has 0 aromatic heterocycles. The lowest BCUT2D eigenvalue weighted by atomic mass is 9.86. The number of amides is 2. The Hall–Kier alpha value is -2.37. The topological polar surface area (TPSA) is 98.5 Å². The van der Waals surface area contributed by atoms with E-state index >= 15 is 0 Å². The first-order chi connectivity index (χ1) is 11.5. The third kappa shape index (κ3) is 3.75. The largest absolute Gasteiger partial charge is 0.456 e. The van der Waals surface area contributed by atoms with E-state index in [9.17, 15) is 14.4 Å². The van der Waals surface area contributed by atoms with Crippen molar-refractivity contribution in [2.45, 2.75) is 32.1 Å². The van der Waals surface area contributed by atoms with Crippen molar-refractivity contribution in [2.24, 2.45) is 23.5 Å². The minimum atomic E-state index is -0.626. The number of anilines is 1. The Bertz CT molecular complexity index is 658. The van der Waals surface area contributed by atoms with Gasteiger partial charge in [-0.2, -0.15) is 0 Å². The second kappa shape index (κ2) is 7.03. The smallest absolute Gasteiger partial charge is 0.306 e. The maximum atomic E-state index is 11.9. The van der Waals surface area contributed by atoms with Gasteiger partial charge in [0, 0.05) is 6.42 Å². The van der Waals surface area contributed by atoms with Crippen LogP contribution in [0.2, 0.25) is 0 Å². The van der Waals surface area contributed by atoms with E-state index in [1.54, 1.807) is 18.2 Å². The zero-order chi connectivity index (χ0) is 17.1. The molecule has 0 spiro atoms. The first-order valence-electron chi connectivity index (χ1n) is 8.37. The van der Waals surface area contributed by atoms with Crippen molar-refractivity contribution in [3.63, 3.8) is 0 Å². The number of carbonyl (C=O) groups excluding carboxylic acids is 3. The molecule has 0 saturated heterocycles. The van der Waals surface area contributed by atoms with Gasteiger partial charge in [0.05, 0.1) is 11.3 Å². The van der Waals surface area contributed by atoms with Crippen molar-refractivity contribution < 1.29 is 19.1 Å². The zero-order valence-corrected chi connectivity index (χ0v) is 13.5. The van der Waals surface area contributed by atoms with Crippen LogP contribution in [0.5, 0.6) is 0 Å². The summed E-state index contributed by atoms with van der Waals surface area (Å²) < 4.78 is 5.08. The summed E-state index contributed by atoms with van der Waals surface area (Å²) in [6, 6.07) is 6.45. The van der Waals surface area contributed by atoms with Crippen LogP contribution in [-0.2, 0) is 14.3 Å². The standard InChI is InChI=1S/C18H22N2O4/c19-18(23)14-3-1-2-4-15(14)20-16(21)10-24-17(22)9-13-8-11-5-6-12(13)7-11/h1-4,11-13H,5-10H2,(H2,19,23)(H,20,21)/t11-,12+,13+/m0/s1. The minimum absolute atomic E-state index is 0.221. The SMILES string of the molecule is NC(=O)c1ccccc1NC(=O)COC(=O)C[C@H]1C[C@H]2CC[C@@H]1C2. The molecule has 6 nitrogen and oxygen atoms in total. The van der Waals surface area contributed by atoms with E-state index < -0.39 is 11.8 Å². The fourth-order valence-electron chi connectivity index (χ4n) is 4.04. The molecule has 128 valence electrons. The van der Waals surface area contributed by atoms with Crippen molar-refractivity contribution >= 4 is 23.5 Å². The van der Waals surface area contributed by atoms with Gasteiger partial charge in [-0.05, 0) is 49.1 Å². The van der Waals surface area contributed by atoms with E-state index in [2.05, 4.69) is 5.32 Å². The zero-order valence-electron chi connectivity index (χ0n) is 13.5. The molecule has 1 aromatic carbocycles. The molecule has 0 unspecified atom stereocenters. The Morgan fingerprint density at radius 1 is 1.17 bits per heavy atom. The first kappa shape index (κ1) is 16.5. The number of fused-ring (bicyclic) bond motifs is 2. The van der Waals surface area contributed by atoms with Crippen LogP contribution in [0.3, 0.4) is 0 Å².